The second kappa shape index (κ2) is 9.52. The Morgan fingerprint density at radius 3 is 1.70 bits per heavy atom. The molecule has 2 aromatic carbocycles. The van der Waals surface area contributed by atoms with Crippen LogP contribution in [-0.2, 0) is 0 Å². The molecule has 2 amide bonds. The van der Waals surface area contributed by atoms with Gasteiger partial charge in [-0.25, -0.2) is 0 Å². The molecule has 160 valence electrons. The third-order valence-electron chi connectivity index (χ3n) is 5.28. The fraction of sp³-hybridized carbons (Fsp3) is 0.391. The number of rotatable bonds is 5. The summed E-state index contributed by atoms with van der Waals surface area (Å²) in [6.45, 7) is 4.14. The van der Waals surface area contributed by atoms with E-state index in [1.54, 1.807) is 17.0 Å². The minimum atomic E-state index is -0.126. The molecule has 30 heavy (non-hydrogen) atoms. The fourth-order valence-electron chi connectivity index (χ4n) is 3.59. The third-order valence-corrected chi connectivity index (χ3v) is 5.28. The second-order valence-electron chi connectivity index (χ2n) is 7.22. The Labute approximate surface area is 177 Å². The molecule has 1 aliphatic rings. The Hall–Kier alpha value is -3.22. The summed E-state index contributed by atoms with van der Waals surface area (Å²) in [5.74, 6) is 1.19. The first-order chi connectivity index (χ1) is 14.5. The van der Waals surface area contributed by atoms with Gasteiger partial charge in [0.1, 0.15) is 0 Å². The van der Waals surface area contributed by atoms with E-state index in [1.165, 1.54) is 21.3 Å². The van der Waals surface area contributed by atoms with Gasteiger partial charge in [-0.3, -0.25) is 9.59 Å². The van der Waals surface area contributed by atoms with Gasteiger partial charge in [0.05, 0.1) is 21.3 Å². The molecule has 3 rings (SSSR count). The summed E-state index contributed by atoms with van der Waals surface area (Å²) < 4.78 is 16.0. The predicted octanol–water partition coefficient (Wildman–Crippen LogP) is 3.01. The maximum atomic E-state index is 13.1. The summed E-state index contributed by atoms with van der Waals surface area (Å²) in [6.07, 6.45) is 0.716. The summed E-state index contributed by atoms with van der Waals surface area (Å²) in [4.78, 5) is 29.5. The van der Waals surface area contributed by atoms with Crippen molar-refractivity contribution < 1.29 is 23.8 Å². The number of carbonyl (C=O) groups excluding carboxylic acids is 2. The monoisotopic (exact) mass is 412 g/mol. The van der Waals surface area contributed by atoms with Gasteiger partial charge in [0, 0.05) is 37.3 Å². The number of aryl methyl sites for hydroxylation is 1. The molecule has 0 aromatic heterocycles. The highest BCUT2D eigenvalue weighted by Gasteiger charge is 2.25. The lowest BCUT2D eigenvalue weighted by molar-refractivity contribution is 0.0718. The Balaban J connectivity index is 1.74. The van der Waals surface area contributed by atoms with E-state index in [-0.39, 0.29) is 11.8 Å². The average molecular weight is 412 g/mol. The van der Waals surface area contributed by atoms with Crippen LogP contribution in [0.25, 0.3) is 0 Å². The van der Waals surface area contributed by atoms with Gasteiger partial charge in [0.15, 0.2) is 11.5 Å². The van der Waals surface area contributed by atoms with Crippen molar-refractivity contribution in [2.75, 3.05) is 47.5 Å². The third kappa shape index (κ3) is 4.50. The molecule has 7 heteroatoms. The Morgan fingerprint density at radius 1 is 0.733 bits per heavy atom. The molecule has 7 nitrogen and oxygen atoms in total. The molecule has 2 aromatic rings. The van der Waals surface area contributed by atoms with Crippen LogP contribution in [0.2, 0.25) is 0 Å². The van der Waals surface area contributed by atoms with Crippen LogP contribution in [0.1, 0.15) is 32.7 Å². The highest BCUT2D eigenvalue weighted by molar-refractivity contribution is 5.96. The van der Waals surface area contributed by atoms with E-state index in [1.807, 2.05) is 36.1 Å². The smallest absolute Gasteiger partial charge is 0.254 e. The molecule has 0 saturated carbocycles. The predicted molar refractivity (Wildman–Crippen MR) is 114 cm³/mol. The van der Waals surface area contributed by atoms with Crippen LogP contribution in [0.3, 0.4) is 0 Å². The van der Waals surface area contributed by atoms with Gasteiger partial charge in [-0.2, -0.15) is 0 Å². The zero-order chi connectivity index (χ0) is 21.7. The standard InChI is InChI=1S/C23H28N2O5/c1-16-6-8-17(9-7-16)22(26)24-10-5-11-25(13-12-24)23(27)18-14-19(28-2)21(30-4)20(15-18)29-3/h6-9,14-15H,5,10-13H2,1-4H3. The molecular formula is C23H28N2O5. The van der Waals surface area contributed by atoms with E-state index in [4.69, 9.17) is 14.2 Å². The first-order valence-corrected chi connectivity index (χ1v) is 9.93. The van der Waals surface area contributed by atoms with Gasteiger partial charge in [-0.15, -0.1) is 0 Å². The molecule has 0 unspecified atom stereocenters. The quantitative estimate of drug-likeness (QED) is 0.755. The van der Waals surface area contributed by atoms with Gasteiger partial charge < -0.3 is 24.0 Å². The van der Waals surface area contributed by atoms with Crippen LogP contribution in [0.4, 0.5) is 0 Å². The van der Waals surface area contributed by atoms with E-state index < -0.39 is 0 Å². The summed E-state index contributed by atoms with van der Waals surface area (Å²) in [6, 6.07) is 10.9. The average Bonchev–Trinajstić information content (AvgIpc) is 3.03. The van der Waals surface area contributed by atoms with Gasteiger partial charge in [-0.1, -0.05) is 17.7 Å². The SMILES string of the molecule is COc1cc(C(=O)N2CCCN(C(=O)c3ccc(C)cc3)CC2)cc(OC)c1OC. The van der Waals surface area contributed by atoms with Crippen LogP contribution in [0.15, 0.2) is 36.4 Å². The van der Waals surface area contributed by atoms with Crippen LogP contribution in [-0.4, -0.2) is 69.1 Å². The maximum Gasteiger partial charge on any atom is 0.254 e. The Morgan fingerprint density at radius 2 is 1.23 bits per heavy atom. The van der Waals surface area contributed by atoms with Gasteiger partial charge >= 0.3 is 0 Å². The molecule has 0 atom stereocenters. The highest BCUT2D eigenvalue weighted by Crippen LogP contribution is 2.38. The minimum absolute atomic E-state index is 0.00270. The first kappa shape index (κ1) is 21.5. The molecule has 1 fully saturated rings. The summed E-state index contributed by atoms with van der Waals surface area (Å²) in [5, 5.41) is 0. The first-order valence-electron chi connectivity index (χ1n) is 9.93. The number of ether oxygens (including phenoxy) is 3. The van der Waals surface area contributed by atoms with E-state index in [2.05, 4.69) is 0 Å². The number of nitrogens with zero attached hydrogens (tertiary/aromatic N) is 2. The van der Waals surface area contributed by atoms with Crippen LogP contribution in [0, 0.1) is 6.92 Å². The Kier molecular flexibility index (Phi) is 6.82. The van der Waals surface area contributed by atoms with Gasteiger partial charge in [0.25, 0.3) is 11.8 Å². The van der Waals surface area contributed by atoms with Gasteiger partial charge in [0.2, 0.25) is 5.75 Å². The van der Waals surface area contributed by atoms with Crippen LogP contribution >= 0.6 is 0 Å². The minimum Gasteiger partial charge on any atom is -0.493 e. The molecule has 1 heterocycles. The lowest BCUT2D eigenvalue weighted by atomic mass is 10.1. The van der Waals surface area contributed by atoms with Crippen molar-refractivity contribution in [1.82, 2.24) is 9.80 Å². The zero-order valence-electron chi connectivity index (χ0n) is 17.9. The van der Waals surface area contributed by atoms with E-state index in [9.17, 15) is 9.59 Å². The molecule has 1 saturated heterocycles. The molecule has 0 radical (unpaired) electrons. The molecule has 0 bridgehead atoms. The van der Waals surface area contributed by atoms with Crippen LogP contribution < -0.4 is 14.2 Å². The largest absolute Gasteiger partial charge is 0.493 e. The molecule has 0 N–H and O–H groups in total. The normalized spacial score (nSPS) is 14.1. The number of amides is 2. The summed E-state index contributed by atoms with van der Waals surface area (Å²) in [5.41, 5.74) is 2.25. The topological polar surface area (TPSA) is 68.3 Å². The number of methoxy groups -OCH3 is 3. The van der Waals surface area contributed by atoms with E-state index in [0.29, 0.717) is 61.0 Å². The highest BCUT2D eigenvalue weighted by atomic mass is 16.5. The van der Waals surface area contributed by atoms with E-state index in [0.717, 1.165) is 5.56 Å². The summed E-state index contributed by atoms with van der Waals surface area (Å²) >= 11 is 0. The van der Waals surface area contributed by atoms with Gasteiger partial charge in [-0.05, 0) is 37.6 Å². The van der Waals surface area contributed by atoms with Crippen molar-refractivity contribution in [3.05, 3.63) is 53.1 Å². The lowest BCUT2D eigenvalue weighted by Gasteiger charge is -2.23. The van der Waals surface area contributed by atoms with Crippen molar-refractivity contribution in [3.8, 4) is 17.2 Å². The zero-order valence-corrected chi connectivity index (χ0v) is 17.9. The molecule has 0 aliphatic carbocycles. The van der Waals surface area contributed by atoms with Crippen LogP contribution in [0.5, 0.6) is 17.2 Å². The van der Waals surface area contributed by atoms with Crippen molar-refractivity contribution in [2.24, 2.45) is 0 Å². The second-order valence-corrected chi connectivity index (χ2v) is 7.22. The molecule has 1 aliphatic heterocycles. The van der Waals surface area contributed by atoms with Crippen molar-refractivity contribution in [1.29, 1.82) is 0 Å². The molecule has 0 spiro atoms. The Bertz CT molecular complexity index is 885. The van der Waals surface area contributed by atoms with Crippen molar-refractivity contribution >= 4 is 11.8 Å². The number of hydrogen-bond acceptors (Lipinski definition) is 5. The molecular weight excluding hydrogens is 384 g/mol. The van der Waals surface area contributed by atoms with Crippen molar-refractivity contribution in [3.63, 3.8) is 0 Å². The number of benzene rings is 2. The fourth-order valence-corrected chi connectivity index (χ4v) is 3.59. The number of carbonyl (C=O) groups is 2. The summed E-state index contributed by atoms with van der Waals surface area (Å²) in [7, 11) is 4.56. The maximum absolute atomic E-state index is 13.1. The number of hydrogen-bond donors (Lipinski definition) is 0. The van der Waals surface area contributed by atoms with E-state index >= 15 is 0 Å². The van der Waals surface area contributed by atoms with Crippen molar-refractivity contribution in [2.45, 2.75) is 13.3 Å². The lowest BCUT2D eigenvalue weighted by Crippen LogP contribution is -2.37.